The fourth-order valence-electron chi connectivity index (χ4n) is 3.28. The van der Waals surface area contributed by atoms with Gasteiger partial charge in [-0.2, -0.15) is 0 Å². The number of fused-ring (bicyclic) bond motifs is 3. The molecule has 2 N–H and O–H groups in total. The van der Waals surface area contributed by atoms with Gasteiger partial charge in [-0.3, -0.25) is 13.9 Å². The summed E-state index contributed by atoms with van der Waals surface area (Å²) < 4.78 is 30.1. The van der Waals surface area contributed by atoms with E-state index in [1.54, 1.807) is 18.3 Å². The van der Waals surface area contributed by atoms with Crippen molar-refractivity contribution in [3.63, 3.8) is 0 Å². The van der Waals surface area contributed by atoms with Gasteiger partial charge in [-0.15, -0.1) is 0 Å². The van der Waals surface area contributed by atoms with E-state index in [9.17, 15) is 13.2 Å². The molecule has 5 rings (SSSR count). The van der Waals surface area contributed by atoms with E-state index < -0.39 is 15.9 Å². The molecule has 0 saturated heterocycles. The van der Waals surface area contributed by atoms with Crippen molar-refractivity contribution in [2.75, 3.05) is 10.0 Å². The molecule has 0 saturated carbocycles. The smallest absolute Gasteiger partial charge is 0.263 e. The van der Waals surface area contributed by atoms with Crippen molar-refractivity contribution >= 4 is 77.2 Å². The first-order valence-electron chi connectivity index (χ1n) is 9.56. The second-order valence-electron chi connectivity index (χ2n) is 7.06. The number of amides is 1. The monoisotopic (exact) mass is 516 g/mol. The third-order valence-electron chi connectivity index (χ3n) is 4.83. The summed E-state index contributed by atoms with van der Waals surface area (Å²) in [6.45, 7) is 0. The van der Waals surface area contributed by atoms with Crippen molar-refractivity contribution in [2.45, 2.75) is 4.90 Å². The number of aromatic nitrogens is 2. The number of carbonyl (C=O) groups is 1. The van der Waals surface area contributed by atoms with Gasteiger partial charge in [0.2, 0.25) is 0 Å². The van der Waals surface area contributed by atoms with Crippen LogP contribution in [0, 0.1) is 0 Å². The molecule has 0 unspecified atom stereocenters. The van der Waals surface area contributed by atoms with Crippen molar-refractivity contribution in [1.82, 2.24) is 9.38 Å². The number of anilines is 2. The molecule has 0 aliphatic heterocycles. The van der Waals surface area contributed by atoms with Crippen LogP contribution in [0.5, 0.6) is 0 Å². The van der Waals surface area contributed by atoms with Crippen molar-refractivity contribution in [1.29, 1.82) is 0 Å². The number of halogens is 2. The van der Waals surface area contributed by atoms with Crippen LogP contribution in [0.25, 0.3) is 16.0 Å². The molecule has 0 bridgehead atoms. The number of nitrogens with one attached hydrogen (secondary N) is 2. The number of thiazole rings is 1. The minimum Gasteiger partial charge on any atom is -0.312 e. The maximum absolute atomic E-state index is 12.9. The Bertz CT molecular complexity index is 1630. The first kappa shape index (κ1) is 21.7. The summed E-state index contributed by atoms with van der Waals surface area (Å²) in [4.78, 5) is 17.9. The van der Waals surface area contributed by atoms with Crippen molar-refractivity contribution < 1.29 is 13.2 Å². The second kappa shape index (κ2) is 8.35. The van der Waals surface area contributed by atoms with Gasteiger partial charge in [0.05, 0.1) is 16.1 Å². The van der Waals surface area contributed by atoms with Crippen LogP contribution in [-0.4, -0.2) is 23.7 Å². The normalized spacial score (nSPS) is 11.7. The van der Waals surface area contributed by atoms with Crippen LogP contribution >= 0.6 is 34.5 Å². The van der Waals surface area contributed by atoms with Gasteiger partial charge < -0.3 is 5.32 Å². The fraction of sp³-hybridized carbons (Fsp3) is 0. The van der Waals surface area contributed by atoms with Gasteiger partial charge in [0, 0.05) is 22.5 Å². The van der Waals surface area contributed by atoms with E-state index >= 15 is 0 Å². The lowest BCUT2D eigenvalue weighted by Gasteiger charge is -2.11. The van der Waals surface area contributed by atoms with Crippen LogP contribution in [0.3, 0.4) is 0 Å². The largest absolute Gasteiger partial charge is 0.312 e. The van der Waals surface area contributed by atoms with Crippen LogP contribution in [0.15, 0.2) is 77.8 Å². The number of sulfonamides is 1. The van der Waals surface area contributed by atoms with E-state index in [-0.39, 0.29) is 15.5 Å². The lowest BCUT2D eigenvalue weighted by atomic mass is 10.2. The maximum atomic E-state index is 12.9. The van der Waals surface area contributed by atoms with Crippen LogP contribution in [0.4, 0.5) is 10.7 Å². The zero-order valence-electron chi connectivity index (χ0n) is 16.6. The molecule has 0 atom stereocenters. The Labute approximate surface area is 202 Å². The molecule has 1 amide bonds. The highest BCUT2D eigenvalue weighted by Crippen LogP contribution is 2.29. The molecular weight excluding hydrogens is 503 g/mol. The summed E-state index contributed by atoms with van der Waals surface area (Å²) in [5, 5.41) is 3.84. The van der Waals surface area contributed by atoms with Gasteiger partial charge in [0.15, 0.2) is 4.96 Å². The zero-order valence-corrected chi connectivity index (χ0v) is 19.8. The Balaban J connectivity index is 1.41. The Morgan fingerprint density at radius 3 is 2.55 bits per heavy atom. The third kappa shape index (κ3) is 4.28. The SMILES string of the molecule is O=C(Nc1cn2c(nc3ccccc32)s1)c1ccc(Cl)c(S(=O)(=O)Nc2ccc(Cl)cc2)c1. The molecule has 7 nitrogen and oxygen atoms in total. The van der Waals surface area contributed by atoms with E-state index in [1.807, 2.05) is 28.7 Å². The second-order valence-corrected chi connectivity index (χ2v) is 10.6. The molecule has 0 fully saturated rings. The van der Waals surface area contributed by atoms with E-state index in [1.165, 1.54) is 41.7 Å². The predicted octanol–water partition coefficient (Wildman–Crippen LogP) is 5.91. The number of hydrogen-bond acceptors (Lipinski definition) is 5. The number of rotatable bonds is 5. The van der Waals surface area contributed by atoms with Crippen molar-refractivity contribution in [3.05, 3.63) is 88.5 Å². The zero-order chi connectivity index (χ0) is 23.2. The van der Waals surface area contributed by atoms with Gasteiger partial charge in [0.25, 0.3) is 15.9 Å². The van der Waals surface area contributed by atoms with E-state index in [0.29, 0.717) is 15.7 Å². The Morgan fingerprint density at radius 2 is 1.76 bits per heavy atom. The lowest BCUT2D eigenvalue weighted by Crippen LogP contribution is -2.16. The van der Waals surface area contributed by atoms with E-state index in [4.69, 9.17) is 23.2 Å². The first-order valence-corrected chi connectivity index (χ1v) is 12.6. The minimum absolute atomic E-state index is 0.00548. The van der Waals surface area contributed by atoms with E-state index in [2.05, 4.69) is 15.0 Å². The Kier molecular flexibility index (Phi) is 5.49. The number of hydrogen-bond donors (Lipinski definition) is 2. The molecule has 2 heterocycles. The van der Waals surface area contributed by atoms with Gasteiger partial charge in [0.1, 0.15) is 9.90 Å². The summed E-state index contributed by atoms with van der Waals surface area (Å²) in [5.41, 5.74) is 2.26. The van der Waals surface area contributed by atoms with Crippen LogP contribution in [0.1, 0.15) is 10.4 Å². The molecule has 0 aliphatic carbocycles. The summed E-state index contributed by atoms with van der Waals surface area (Å²) in [6.07, 6.45) is 1.78. The molecule has 3 aromatic carbocycles. The molecule has 11 heteroatoms. The highest BCUT2D eigenvalue weighted by molar-refractivity contribution is 7.92. The summed E-state index contributed by atoms with van der Waals surface area (Å²) in [7, 11) is -4.04. The quantitative estimate of drug-likeness (QED) is 0.303. The third-order valence-corrected chi connectivity index (χ3v) is 7.84. The fourth-order valence-corrected chi connectivity index (χ4v) is 5.88. The lowest BCUT2D eigenvalue weighted by molar-refractivity contribution is 0.102. The Hall–Kier alpha value is -3.11. The van der Waals surface area contributed by atoms with E-state index in [0.717, 1.165) is 16.0 Å². The average molecular weight is 517 g/mol. The summed E-state index contributed by atoms with van der Waals surface area (Å²) in [5.74, 6) is -0.469. The molecule has 2 aromatic heterocycles. The minimum atomic E-state index is -4.04. The standard InChI is InChI=1S/C22H14Cl2N4O3S2/c23-14-6-8-15(9-7-14)27-33(30,31)19-11-13(5-10-16(19)24)21(29)26-20-12-28-18-4-2-1-3-17(18)25-22(28)32-20/h1-12,27H,(H,26,29). The number of benzene rings is 3. The van der Waals surface area contributed by atoms with Crippen molar-refractivity contribution in [3.8, 4) is 0 Å². The number of para-hydroxylation sites is 2. The number of imidazole rings is 1. The Morgan fingerprint density at radius 1 is 1.00 bits per heavy atom. The highest BCUT2D eigenvalue weighted by atomic mass is 35.5. The molecule has 0 aliphatic rings. The van der Waals surface area contributed by atoms with Gasteiger partial charge in [-0.1, -0.05) is 46.7 Å². The molecule has 5 aromatic rings. The summed E-state index contributed by atoms with van der Waals surface area (Å²) in [6, 6.07) is 18.0. The molecular formula is C22H14Cl2N4O3S2. The van der Waals surface area contributed by atoms with Crippen LogP contribution in [0.2, 0.25) is 10.0 Å². The summed E-state index contributed by atoms with van der Waals surface area (Å²) >= 11 is 13.3. The predicted molar refractivity (Wildman–Crippen MR) is 132 cm³/mol. The van der Waals surface area contributed by atoms with Crippen LogP contribution in [-0.2, 0) is 10.0 Å². The molecule has 166 valence electrons. The molecule has 33 heavy (non-hydrogen) atoms. The average Bonchev–Trinajstić information content (AvgIpc) is 3.32. The topological polar surface area (TPSA) is 92.6 Å². The molecule has 0 spiro atoms. The molecule has 0 radical (unpaired) electrons. The van der Waals surface area contributed by atoms with Gasteiger partial charge in [-0.05, 0) is 54.6 Å². The first-order chi connectivity index (χ1) is 15.8. The van der Waals surface area contributed by atoms with Gasteiger partial charge >= 0.3 is 0 Å². The maximum Gasteiger partial charge on any atom is 0.263 e. The van der Waals surface area contributed by atoms with Crippen LogP contribution < -0.4 is 10.0 Å². The van der Waals surface area contributed by atoms with Crippen molar-refractivity contribution in [2.24, 2.45) is 0 Å². The number of carbonyl (C=O) groups excluding carboxylic acids is 1. The highest BCUT2D eigenvalue weighted by Gasteiger charge is 2.21. The van der Waals surface area contributed by atoms with Gasteiger partial charge in [-0.25, -0.2) is 13.4 Å². The number of nitrogens with zero attached hydrogens (tertiary/aromatic N) is 2.